The first-order valence-electron chi connectivity index (χ1n) is 12.0. The zero-order valence-corrected chi connectivity index (χ0v) is 21.4. The Hall–Kier alpha value is -1.94. The van der Waals surface area contributed by atoms with E-state index in [0.717, 1.165) is 98.0 Å². The van der Waals surface area contributed by atoms with Gasteiger partial charge in [0.05, 0.1) is 23.4 Å². The zero-order valence-electron chi connectivity index (χ0n) is 19.8. The molecular formula is C24H34BrN7O. The average molecular weight is 516 g/mol. The Balaban J connectivity index is 1.40. The largest absolute Gasteiger partial charge is 0.379 e. The van der Waals surface area contributed by atoms with Crippen LogP contribution >= 0.6 is 15.9 Å². The van der Waals surface area contributed by atoms with Crippen molar-refractivity contribution in [2.75, 3.05) is 58.3 Å². The van der Waals surface area contributed by atoms with Gasteiger partial charge in [0, 0.05) is 55.4 Å². The van der Waals surface area contributed by atoms with E-state index < -0.39 is 0 Å². The highest BCUT2D eigenvalue weighted by molar-refractivity contribution is 9.10. The number of H-pyrrole nitrogens is 1. The molecule has 2 aliphatic rings. The summed E-state index contributed by atoms with van der Waals surface area (Å²) in [6.07, 6.45) is 4.13. The van der Waals surface area contributed by atoms with Crippen LogP contribution < -0.4 is 5.32 Å². The standard InChI is InChI=1S/C24H34BrN7O/c1-16-14-19(17(2)32(16)9-8-31-10-12-33-13-11-31)23-28-22-21(20(25)15-26-24(22)29-23)27-18-4-6-30(3)7-5-18/h14-15,18H,4-13H2,1-3H3,(H2,26,27,28,29). The fraction of sp³-hybridized carbons (Fsp3) is 0.583. The van der Waals surface area contributed by atoms with Gasteiger partial charge in [0.1, 0.15) is 11.3 Å². The van der Waals surface area contributed by atoms with Crippen LogP contribution in [0.5, 0.6) is 0 Å². The highest BCUT2D eigenvalue weighted by Crippen LogP contribution is 2.33. The molecule has 2 aliphatic heterocycles. The molecule has 0 amide bonds. The van der Waals surface area contributed by atoms with Gasteiger partial charge >= 0.3 is 0 Å². The molecule has 5 rings (SSSR count). The number of rotatable bonds is 6. The summed E-state index contributed by atoms with van der Waals surface area (Å²) >= 11 is 3.71. The van der Waals surface area contributed by atoms with E-state index in [1.54, 1.807) is 0 Å². The molecule has 178 valence electrons. The predicted molar refractivity (Wildman–Crippen MR) is 136 cm³/mol. The Kier molecular flexibility index (Phi) is 6.74. The van der Waals surface area contributed by atoms with Gasteiger partial charge in [0.15, 0.2) is 5.65 Å². The van der Waals surface area contributed by atoms with E-state index in [2.05, 4.69) is 72.5 Å². The van der Waals surface area contributed by atoms with E-state index in [9.17, 15) is 0 Å². The minimum Gasteiger partial charge on any atom is -0.379 e. The number of morpholine rings is 1. The van der Waals surface area contributed by atoms with E-state index in [1.165, 1.54) is 11.4 Å². The van der Waals surface area contributed by atoms with Crippen LogP contribution in [0.2, 0.25) is 0 Å². The van der Waals surface area contributed by atoms with Crippen molar-refractivity contribution in [3.05, 3.63) is 28.1 Å². The van der Waals surface area contributed by atoms with Gasteiger partial charge in [-0.3, -0.25) is 4.90 Å². The molecule has 3 aromatic rings. The lowest BCUT2D eigenvalue weighted by molar-refractivity contribution is 0.0363. The Morgan fingerprint density at radius 2 is 1.91 bits per heavy atom. The molecule has 0 bridgehead atoms. The highest BCUT2D eigenvalue weighted by Gasteiger charge is 2.21. The summed E-state index contributed by atoms with van der Waals surface area (Å²) in [5, 5.41) is 3.76. The maximum atomic E-state index is 5.48. The van der Waals surface area contributed by atoms with Crippen molar-refractivity contribution in [1.29, 1.82) is 0 Å². The van der Waals surface area contributed by atoms with E-state index in [-0.39, 0.29) is 0 Å². The van der Waals surface area contributed by atoms with Crippen LogP contribution in [0, 0.1) is 13.8 Å². The first-order chi connectivity index (χ1) is 16.0. The van der Waals surface area contributed by atoms with Crippen LogP contribution in [-0.2, 0) is 11.3 Å². The number of hydrogen-bond donors (Lipinski definition) is 2. The number of hydrogen-bond acceptors (Lipinski definition) is 6. The van der Waals surface area contributed by atoms with Crippen molar-refractivity contribution in [3.63, 3.8) is 0 Å². The quantitative estimate of drug-likeness (QED) is 0.521. The number of piperidine rings is 1. The smallest absolute Gasteiger partial charge is 0.180 e. The van der Waals surface area contributed by atoms with Crippen LogP contribution in [-0.4, -0.2) is 88.3 Å². The van der Waals surface area contributed by atoms with Crippen molar-refractivity contribution in [2.24, 2.45) is 0 Å². The second kappa shape index (κ2) is 9.74. The van der Waals surface area contributed by atoms with Gasteiger partial charge in [0.2, 0.25) is 0 Å². The Labute approximate surface area is 203 Å². The molecule has 0 atom stereocenters. The SMILES string of the molecule is Cc1cc(-c2nc3ncc(Br)c(NC4CCN(C)CC4)c3[nH]2)c(C)n1CCN1CCOCC1. The fourth-order valence-electron chi connectivity index (χ4n) is 5.01. The molecule has 5 heterocycles. The van der Waals surface area contributed by atoms with Gasteiger partial charge in [-0.25, -0.2) is 9.97 Å². The van der Waals surface area contributed by atoms with Crippen LogP contribution in [0.1, 0.15) is 24.2 Å². The molecular weight excluding hydrogens is 482 g/mol. The molecule has 0 aliphatic carbocycles. The van der Waals surface area contributed by atoms with Crippen molar-refractivity contribution in [2.45, 2.75) is 39.3 Å². The van der Waals surface area contributed by atoms with E-state index in [1.807, 2.05) is 6.20 Å². The van der Waals surface area contributed by atoms with E-state index in [0.29, 0.717) is 6.04 Å². The number of imidazole rings is 1. The Bertz CT molecular complexity index is 1110. The lowest BCUT2D eigenvalue weighted by atomic mass is 10.1. The number of halogens is 1. The monoisotopic (exact) mass is 515 g/mol. The molecule has 0 unspecified atom stereocenters. The van der Waals surface area contributed by atoms with Crippen molar-refractivity contribution >= 4 is 32.8 Å². The first-order valence-corrected chi connectivity index (χ1v) is 12.8. The molecule has 3 aromatic heterocycles. The van der Waals surface area contributed by atoms with E-state index >= 15 is 0 Å². The maximum absolute atomic E-state index is 5.48. The highest BCUT2D eigenvalue weighted by atomic mass is 79.9. The van der Waals surface area contributed by atoms with Crippen LogP contribution in [0.15, 0.2) is 16.7 Å². The van der Waals surface area contributed by atoms with Crippen molar-refractivity contribution in [3.8, 4) is 11.4 Å². The van der Waals surface area contributed by atoms with Crippen LogP contribution in [0.25, 0.3) is 22.6 Å². The molecule has 2 N–H and O–H groups in total. The molecule has 0 saturated carbocycles. The predicted octanol–water partition coefficient (Wildman–Crippen LogP) is 3.64. The van der Waals surface area contributed by atoms with Crippen molar-refractivity contribution in [1.82, 2.24) is 29.3 Å². The number of pyridine rings is 1. The van der Waals surface area contributed by atoms with Crippen LogP contribution in [0.4, 0.5) is 5.69 Å². The number of fused-ring (bicyclic) bond motifs is 1. The Morgan fingerprint density at radius 1 is 1.15 bits per heavy atom. The van der Waals surface area contributed by atoms with Crippen molar-refractivity contribution < 1.29 is 4.74 Å². The third-order valence-electron chi connectivity index (χ3n) is 7.11. The topological polar surface area (TPSA) is 74.2 Å². The molecule has 0 spiro atoms. The number of anilines is 1. The van der Waals surface area contributed by atoms with Crippen LogP contribution in [0.3, 0.4) is 0 Å². The fourth-order valence-corrected chi connectivity index (χ4v) is 5.43. The van der Waals surface area contributed by atoms with E-state index in [4.69, 9.17) is 9.72 Å². The molecule has 9 heteroatoms. The average Bonchev–Trinajstić information content (AvgIpc) is 3.37. The molecule has 8 nitrogen and oxygen atoms in total. The molecule has 0 aromatic carbocycles. The molecule has 2 fully saturated rings. The molecule has 2 saturated heterocycles. The third-order valence-corrected chi connectivity index (χ3v) is 7.71. The number of aromatic nitrogens is 4. The summed E-state index contributed by atoms with van der Waals surface area (Å²) in [7, 11) is 2.19. The number of nitrogens with one attached hydrogen (secondary N) is 2. The lowest BCUT2D eigenvalue weighted by Gasteiger charge is -2.30. The van der Waals surface area contributed by atoms with Gasteiger partial charge in [-0.2, -0.15) is 0 Å². The number of ether oxygens (including phenoxy) is 1. The second-order valence-corrected chi connectivity index (χ2v) is 10.2. The van der Waals surface area contributed by atoms with Gasteiger partial charge in [-0.05, 0) is 68.8 Å². The summed E-state index contributed by atoms with van der Waals surface area (Å²) in [5.41, 5.74) is 6.43. The summed E-state index contributed by atoms with van der Waals surface area (Å²) in [5.74, 6) is 0.882. The molecule has 0 radical (unpaired) electrons. The lowest BCUT2D eigenvalue weighted by Crippen LogP contribution is -2.38. The number of likely N-dealkylation sites (tertiary alicyclic amines) is 1. The molecule has 33 heavy (non-hydrogen) atoms. The normalized spacial score (nSPS) is 18.9. The van der Waals surface area contributed by atoms with Gasteiger partial charge in [-0.1, -0.05) is 0 Å². The van der Waals surface area contributed by atoms with Gasteiger partial charge in [-0.15, -0.1) is 0 Å². The van der Waals surface area contributed by atoms with Gasteiger partial charge in [0.25, 0.3) is 0 Å². The second-order valence-electron chi connectivity index (χ2n) is 9.38. The zero-order chi connectivity index (χ0) is 22.9. The minimum absolute atomic E-state index is 0.458. The maximum Gasteiger partial charge on any atom is 0.180 e. The number of nitrogens with zero attached hydrogens (tertiary/aromatic N) is 5. The van der Waals surface area contributed by atoms with Gasteiger partial charge < -0.3 is 24.5 Å². The minimum atomic E-state index is 0.458. The summed E-state index contributed by atoms with van der Waals surface area (Å²) in [6.45, 7) is 12.3. The summed E-state index contributed by atoms with van der Waals surface area (Å²) in [6, 6.07) is 2.70. The summed E-state index contributed by atoms with van der Waals surface area (Å²) in [4.78, 5) is 17.9. The number of aromatic amines is 1. The first kappa shape index (κ1) is 22.8. The number of aryl methyl sites for hydroxylation is 1. The summed E-state index contributed by atoms with van der Waals surface area (Å²) < 4.78 is 8.86. The third kappa shape index (κ3) is 4.82. The Morgan fingerprint density at radius 3 is 2.67 bits per heavy atom.